The highest BCUT2D eigenvalue weighted by molar-refractivity contribution is 5.40. The molecule has 0 spiro atoms. The van der Waals surface area contributed by atoms with Crippen LogP contribution in [-0.4, -0.2) is 33.9 Å². The van der Waals surface area contributed by atoms with Gasteiger partial charge in [0.25, 0.3) is 0 Å². The average Bonchev–Trinajstić information content (AvgIpc) is 3.06. The van der Waals surface area contributed by atoms with E-state index in [9.17, 15) is 4.39 Å². The molecule has 0 aliphatic heterocycles. The largest absolute Gasteiger partial charge is 0.375 e. The van der Waals surface area contributed by atoms with Crippen molar-refractivity contribution >= 4 is 5.95 Å². The van der Waals surface area contributed by atoms with Crippen LogP contribution >= 0.6 is 0 Å². The molecule has 3 aromatic rings. The summed E-state index contributed by atoms with van der Waals surface area (Å²) in [6.45, 7) is 2.47. The number of anilines is 1. The van der Waals surface area contributed by atoms with Crippen LogP contribution in [0.25, 0.3) is 5.69 Å². The summed E-state index contributed by atoms with van der Waals surface area (Å²) in [4.78, 5) is 0. The smallest absolute Gasteiger partial charge is 0.247 e. The number of halogens is 1. The highest BCUT2D eigenvalue weighted by Gasteiger charge is 2.13. The zero-order chi connectivity index (χ0) is 16.9. The monoisotopic (exact) mass is 327 g/mol. The van der Waals surface area contributed by atoms with E-state index in [1.807, 2.05) is 31.2 Å². The van der Waals surface area contributed by atoms with Crippen molar-refractivity contribution in [1.29, 1.82) is 0 Å². The van der Waals surface area contributed by atoms with E-state index >= 15 is 0 Å². The van der Waals surface area contributed by atoms with Gasteiger partial charge in [-0.15, -0.1) is 0 Å². The Morgan fingerprint density at radius 3 is 2.50 bits per heavy atom. The zero-order valence-electron chi connectivity index (χ0n) is 13.5. The van der Waals surface area contributed by atoms with Crippen molar-refractivity contribution in [2.24, 2.45) is 0 Å². The Morgan fingerprint density at radius 1 is 1.12 bits per heavy atom. The number of hydrogen-bond donors (Lipinski definition) is 1. The topological polar surface area (TPSA) is 64.9 Å². The Hall–Kier alpha value is -2.80. The number of methoxy groups -OCH3 is 1. The summed E-state index contributed by atoms with van der Waals surface area (Å²) < 4.78 is 20.1. The van der Waals surface area contributed by atoms with Crippen LogP contribution in [0.5, 0.6) is 0 Å². The van der Waals surface area contributed by atoms with E-state index in [1.165, 1.54) is 12.1 Å². The van der Waals surface area contributed by atoms with Gasteiger partial charge in [-0.2, -0.15) is 4.68 Å². The average molecular weight is 327 g/mol. The number of rotatable bonds is 6. The molecule has 0 fully saturated rings. The lowest BCUT2D eigenvalue weighted by molar-refractivity contribution is 0.114. The van der Waals surface area contributed by atoms with Crippen LogP contribution in [0.3, 0.4) is 0 Å². The van der Waals surface area contributed by atoms with Crippen molar-refractivity contribution < 1.29 is 9.13 Å². The maximum Gasteiger partial charge on any atom is 0.247 e. The third-order valence-electron chi connectivity index (χ3n) is 3.72. The molecular weight excluding hydrogens is 309 g/mol. The number of aryl methyl sites for hydroxylation is 1. The van der Waals surface area contributed by atoms with Crippen molar-refractivity contribution in [3.63, 3.8) is 0 Å². The lowest BCUT2D eigenvalue weighted by Crippen LogP contribution is -2.17. The second-order valence-corrected chi connectivity index (χ2v) is 5.41. The van der Waals surface area contributed by atoms with Gasteiger partial charge in [0.05, 0.1) is 11.8 Å². The summed E-state index contributed by atoms with van der Waals surface area (Å²) in [5, 5.41) is 14.9. The first-order valence-corrected chi connectivity index (χ1v) is 7.55. The predicted octanol–water partition coefficient (Wildman–Crippen LogP) is 2.91. The third-order valence-corrected chi connectivity index (χ3v) is 3.72. The number of hydrogen-bond acceptors (Lipinski definition) is 5. The van der Waals surface area contributed by atoms with Crippen LogP contribution in [0.4, 0.5) is 10.3 Å². The molecule has 124 valence electrons. The van der Waals surface area contributed by atoms with E-state index in [1.54, 1.807) is 23.9 Å². The summed E-state index contributed by atoms with van der Waals surface area (Å²) >= 11 is 0. The van der Waals surface area contributed by atoms with Crippen LogP contribution in [-0.2, 0) is 4.74 Å². The molecule has 0 aliphatic carbocycles. The first-order chi connectivity index (χ1) is 11.7. The summed E-state index contributed by atoms with van der Waals surface area (Å²) in [5.74, 6) is 0.243. The van der Waals surface area contributed by atoms with Crippen LogP contribution < -0.4 is 5.32 Å². The Balaban J connectivity index is 1.73. The van der Waals surface area contributed by atoms with Crippen LogP contribution in [0.1, 0.15) is 17.2 Å². The van der Waals surface area contributed by atoms with Gasteiger partial charge in [-0.1, -0.05) is 34.9 Å². The first kappa shape index (κ1) is 16.1. The molecule has 0 amide bonds. The van der Waals surface area contributed by atoms with E-state index in [2.05, 4.69) is 20.8 Å². The standard InChI is InChI=1S/C17H18FN5O/c1-12-3-9-15(10-4-12)23-17(20-21-22-23)19-11-16(24-2)13-5-7-14(18)8-6-13/h3-10,16H,11H2,1-2H3,(H,19,20,22). The molecule has 0 aliphatic rings. The zero-order valence-corrected chi connectivity index (χ0v) is 13.5. The van der Waals surface area contributed by atoms with Crippen molar-refractivity contribution in [1.82, 2.24) is 20.2 Å². The number of aromatic nitrogens is 4. The Labute approximate surface area is 139 Å². The minimum Gasteiger partial charge on any atom is -0.375 e. The molecule has 1 N–H and O–H groups in total. The van der Waals surface area contributed by atoms with E-state index < -0.39 is 0 Å². The highest BCUT2D eigenvalue weighted by atomic mass is 19.1. The fraction of sp³-hybridized carbons (Fsp3) is 0.235. The molecule has 1 atom stereocenters. The van der Waals surface area contributed by atoms with Gasteiger partial charge in [-0.3, -0.25) is 0 Å². The second kappa shape index (κ2) is 7.18. The molecule has 2 aromatic carbocycles. The number of ether oxygens (including phenoxy) is 1. The quantitative estimate of drug-likeness (QED) is 0.754. The maximum atomic E-state index is 13.0. The fourth-order valence-electron chi connectivity index (χ4n) is 2.36. The lowest BCUT2D eigenvalue weighted by Gasteiger charge is -2.16. The van der Waals surface area contributed by atoms with Gasteiger partial charge in [-0.05, 0) is 47.2 Å². The normalized spacial score (nSPS) is 12.1. The molecule has 0 bridgehead atoms. The SMILES string of the molecule is COC(CNc1nnnn1-c1ccc(C)cc1)c1ccc(F)cc1. The number of tetrazole rings is 1. The Bertz CT molecular complexity index is 786. The third kappa shape index (κ3) is 3.57. The lowest BCUT2D eigenvalue weighted by atomic mass is 10.1. The van der Waals surface area contributed by atoms with Gasteiger partial charge in [0, 0.05) is 13.7 Å². The molecule has 6 nitrogen and oxygen atoms in total. The molecular formula is C17H18FN5O. The minimum absolute atomic E-state index is 0.242. The number of nitrogens with zero attached hydrogens (tertiary/aromatic N) is 4. The summed E-state index contributed by atoms with van der Waals surface area (Å²) in [5.41, 5.74) is 2.90. The van der Waals surface area contributed by atoms with Crippen molar-refractivity contribution in [3.8, 4) is 5.69 Å². The predicted molar refractivity (Wildman–Crippen MR) is 88.5 cm³/mol. The van der Waals surface area contributed by atoms with Gasteiger partial charge in [0.1, 0.15) is 5.82 Å². The van der Waals surface area contributed by atoms with Gasteiger partial charge >= 0.3 is 0 Å². The second-order valence-electron chi connectivity index (χ2n) is 5.41. The van der Waals surface area contributed by atoms with Crippen LogP contribution in [0.2, 0.25) is 0 Å². The molecule has 24 heavy (non-hydrogen) atoms. The highest BCUT2D eigenvalue weighted by Crippen LogP contribution is 2.19. The van der Waals surface area contributed by atoms with Gasteiger partial charge in [-0.25, -0.2) is 4.39 Å². The Morgan fingerprint density at radius 2 is 1.83 bits per heavy atom. The van der Waals surface area contributed by atoms with Gasteiger partial charge in [0.15, 0.2) is 0 Å². The summed E-state index contributed by atoms with van der Waals surface area (Å²) in [6, 6.07) is 14.1. The molecule has 0 saturated heterocycles. The Kier molecular flexibility index (Phi) is 4.81. The minimum atomic E-state index is -0.273. The van der Waals surface area contributed by atoms with Gasteiger partial charge in [0.2, 0.25) is 5.95 Å². The van der Waals surface area contributed by atoms with Crippen molar-refractivity contribution in [3.05, 3.63) is 65.5 Å². The van der Waals surface area contributed by atoms with E-state index in [-0.39, 0.29) is 11.9 Å². The van der Waals surface area contributed by atoms with E-state index in [4.69, 9.17) is 4.74 Å². The van der Waals surface area contributed by atoms with E-state index in [0.29, 0.717) is 12.5 Å². The van der Waals surface area contributed by atoms with Crippen molar-refractivity contribution in [2.75, 3.05) is 19.0 Å². The maximum absolute atomic E-state index is 13.0. The first-order valence-electron chi connectivity index (χ1n) is 7.55. The molecule has 7 heteroatoms. The van der Waals surface area contributed by atoms with Crippen LogP contribution in [0, 0.1) is 12.7 Å². The van der Waals surface area contributed by atoms with Gasteiger partial charge < -0.3 is 10.1 Å². The molecule has 1 unspecified atom stereocenters. The molecule has 3 rings (SSSR count). The fourth-order valence-corrected chi connectivity index (χ4v) is 2.36. The van der Waals surface area contributed by atoms with E-state index in [0.717, 1.165) is 16.8 Å². The molecule has 0 saturated carbocycles. The molecule has 0 radical (unpaired) electrons. The number of nitrogens with one attached hydrogen (secondary N) is 1. The van der Waals surface area contributed by atoms with Crippen LogP contribution in [0.15, 0.2) is 48.5 Å². The molecule has 1 aromatic heterocycles. The summed E-state index contributed by atoms with van der Waals surface area (Å²) in [7, 11) is 1.61. The van der Waals surface area contributed by atoms with Crippen molar-refractivity contribution in [2.45, 2.75) is 13.0 Å². The number of benzene rings is 2. The summed E-state index contributed by atoms with van der Waals surface area (Å²) in [6.07, 6.45) is -0.242. The molecule has 1 heterocycles.